The largest absolute Gasteiger partial charge is 0.433 e. The van der Waals surface area contributed by atoms with Gasteiger partial charge in [0.1, 0.15) is 11.5 Å². The van der Waals surface area contributed by atoms with Crippen molar-refractivity contribution in [1.29, 1.82) is 0 Å². The molecule has 0 saturated heterocycles. The summed E-state index contributed by atoms with van der Waals surface area (Å²) < 4.78 is 40.6. The number of anilines is 3. The monoisotopic (exact) mass is 439 g/mol. The minimum atomic E-state index is -4.53. The van der Waals surface area contributed by atoms with Crippen LogP contribution >= 0.6 is 0 Å². The predicted molar refractivity (Wildman–Crippen MR) is 115 cm³/mol. The highest BCUT2D eigenvalue weighted by Gasteiger charge is 2.32. The van der Waals surface area contributed by atoms with Gasteiger partial charge in [0.2, 0.25) is 5.95 Å². The zero-order valence-corrected chi connectivity index (χ0v) is 17.4. The molecule has 0 spiro atoms. The number of pyridine rings is 1. The zero-order chi connectivity index (χ0) is 22.7. The topological polar surface area (TPSA) is 80.5 Å². The van der Waals surface area contributed by atoms with Crippen LogP contribution in [0.2, 0.25) is 0 Å². The average Bonchev–Trinajstić information content (AvgIpc) is 3.17. The molecule has 3 aromatic heterocycles. The van der Waals surface area contributed by atoms with Gasteiger partial charge in [0.25, 0.3) is 0 Å². The zero-order valence-electron chi connectivity index (χ0n) is 17.4. The van der Waals surface area contributed by atoms with Crippen LogP contribution in [0.3, 0.4) is 0 Å². The number of hydrogen-bond donors (Lipinski definition) is 2. The van der Waals surface area contributed by atoms with E-state index >= 15 is 0 Å². The number of nitrogens with zero attached hydrogens (tertiary/aromatic N) is 5. The lowest BCUT2D eigenvalue weighted by atomic mass is 10.0. The highest BCUT2D eigenvalue weighted by Crippen LogP contribution is 2.29. The van der Waals surface area contributed by atoms with Crippen molar-refractivity contribution in [1.82, 2.24) is 24.5 Å². The van der Waals surface area contributed by atoms with Crippen LogP contribution in [0, 0.1) is 6.92 Å². The van der Waals surface area contributed by atoms with E-state index in [1.54, 1.807) is 12.5 Å². The smallest absolute Gasteiger partial charge is 0.364 e. The second kappa shape index (κ2) is 8.66. The maximum atomic E-state index is 12.9. The molecular formula is C22H20F3N7. The van der Waals surface area contributed by atoms with Crippen LogP contribution in [-0.4, -0.2) is 24.5 Å². The van der Waals surface area contributed by atoms with Crippen molar-refractivity contribution in [3.63, 3.8) is 0 Å². The average molecular weight is 439 g/mol. The molecule has 0 radical (unpaired) electrons. The first-order valence-corrected chi connectivity index (χ1v) is 9.72. The number of halogens is 3. The second-order valence-corrected chi connectivity index (χ2v) is 7.29. The first-order valence-electron chi connectivity index (χ1n) is 9.72. The summed E-state index contributed by atoms with van der Waals surface area (Å²) in [5.74, 6) is 0.589. The Labute approximate surface area is 182 Å². The molecule has 0 unspecified atom stereocenters. The summed E-state index contributed by atoms with van der Waals surface area (Å²) in [5, 5.41) is 6.07. The minimum Gasteiger partial charge on any atom is -0.364 e. The molecule has 0 atom stereocenters. The van der Waals surface area contributed by atoms with Gasteiger partial charge in [-0.1, -0.05) is 6.07 Å². The number of benzene rings is 1. The molecule has 0 fully saturated rings. The van der Waals surface area contributed by atoms with Gasteiger partial charge < -0.3 is 15.2 Å². The molecule has 3 heterocycles. The summed E-state index contributed by atoms with van der Waals surface area (Å²) in [4.78, 5) is 16.1. The van der Waals surface area contributed by atoms with Crippen LogP contribution in [0.5, 0.6) is 0 Å². The number of aromatic nitrogens is 5. The molecule has 10 heteroatoms. The van der Waals surface area contributed by atoms with Crippen LogP contribution in [0.1, 0.15) is 17.0 Å². The van der Waals surface area contributed by atoms with E-state index in [4.69, 9.17) is 0 Å². The van der Waals surface area contributed by atoms with Crippen molar-refractivity contribution < 1.29 is 13.2 Å². The van der Waals surface area contributed by atoms with Crippen molar-refractivity contribution in [2.75, 3.05) is 10.6 Å². The normalized spacial score (nSPS) is 11.4. The predicted octanol–water partition coefficient (Wildman–Crippen LogP) is 4.96. The molecule has 164 valence electrons. The lowest BCUT2D eigenvalue weighted by molar-refractivity contribution is -0.141. The molecule has 1 aromatic carbocycles. The van der Waals surface area contributed by atoms with Crippen molar-refractivity contribution >= 4 is 17.5 Å². The van der Waals surface area contributed by atoms with Gasteiger partial charge in [-0.25, -0.2) is 19.9 Å². The van der Waals surface area contributed by atoms with E-state index in [1.807, 2.05) is 55.1 Å². The Morgan fingerprint density at radius 2 is 1.84 bits per heavy atom. The van der Waals surface area contributed by atoms with Crippen molar-refractivity contribution in [2.45, 2.75) is 19.6 Å². The van der Waals surface area contributed by atoms with Crippen LogP contribution < -0.4 is 10.6 Å². The summed E-state index contributed by atoms with van der Waals surface area (Å²) >= 11 is 0. The van der Waals surface area contributed by atoms with Gasteiger partial charge in [-0.2, -0.15) is 13.2 Å². The number of aryl methyl sites for hydroxylation is 2. The summed E-state index contributed by atoms with van der Waals surface area (Å²) in [6.45, 7) is 2.46. The highest BCUT2D eigenvalue weighted by atomic mass is 19.4. The first kappa shape index (κ1) is 21.3. The van der Waals surface area contributed by atoms with E-state index in [0.29, 0.717) is 18.1 Å². The van der Waals surface area contributed by atoms with Crippen molar-refractivity contribution in [3.8, 4) is 11.1 Å². The van der Waals surface area contributed by atoms with Crippen LogP contribution in [0.15, 0.2) is 61.3 Å². The first-order chi connectivity index (χ1) is 15.3. The minimum absolute atomic E-state index is 0.122. The molecular weight excluding hydrogens is 419 g/mol. The van der Waals surface area contributed by atoms with E-state index in [2.05, 4.69) is 30.6 Å². The third-order valence-corrected chi connectivity index (χ3v) is 4.59. The van der Waals surface area contributed by atoms with E-state index < -0.39 is 11.9 Å². The SMILES string of the molecule is Cc1cc(Nc2nccc(C(F)(F)F)n2)cc(-c2ccc(NCc3cn(C)cn3)nc2)c1. The fourth-order valence-electron chi connectivity index (χ4n) is 3.14. The van der Waals surface area contributed by atoms with Gasteiger partial charge in [0.05, 0.1) is 18.6 Å². The number of alkyl halides is 3. The summed E-state index contributed by atoms with van der Waals surface area (Å²) in [5.41, 5.74) is 3.14. The molecule has 32 heavy (non-hydrogen) atoms. The van der Waals surface area contributed by atoms with Gasteiger partial charge >= 0.3 is 6.18 Å². The fourth-order valence-corrected chi connectivity index (χ4v) is 3.14. The lowest BCUT2D eigenvalue weighted by Gasteiger charge is -2.11. The standard InChI is InChI=1S/C22H20F3N7/c1-14-7-16(9-17(8-14)30-21-26-6-5-19(31-21)22(23,24)25)15-3-4-20(27-10-15)28-11-18-12-32(2)13-29-18/h3-10,12-13H,11H2,1-2H3,(H,27,28)(H,26,30,31). The molecule has 2 N–H and O–H groups in total. The van der Waals surface area contributed by atoms with Crippen LogP contribution in [0.4, 0.5) is 30.6 Å². The Bertz CT molecular complexity index is 1220. The molecule has 0 bridgehead atoms. The van der Waals surface area contributed by atoms with E-state index in [-0.39, 0.29) is 5.95 Å². The molecule has 0 aliphatic heterocycles. The Balaban J connectivity index is 1.50. The maximum absolute atomic E-state index is 12.9. The second-order valence-electron chi connectivity index (χ2n) is 7.29. The molecule has 0 aliphatic carbocycles. The van der Waals surface area contributed by atoms with Gasteiger partial charge in [-0.3, -0.25) is 0 Å². The Morgan fingerprint density at radius 3 is 2.53 bits per heavy atom. The van der Waals surface area contributed by atoms with Gasteiger partial charge in [-0.15, -0.1) is 0 Å². The van der Waals surface area contributed by atoms with E-state index in [0.717, 1.165) is 34.6 Å². The lowest BCUT2D eigenvalue weighted by Crippen LogP contribution is -2.10. The molecule has 4 aromatic rings. The Kier molecular flexibility index (Phi) is 5.76. The van der Waals surface area contributed by atoms with E-state index in [9.17, 15) is 13.2 Å². The Morgan fingerprint density at radius 1 is 1.00 bits per heavy atom. The third kappa shape index (κ3) is 5.20. The van der Waals surface area contributed by atoms with Crippen molar-refractivity contribution in [3.05, 3.63) is 78.3 Å². The van der Waals surface area contributed by atoms with Gasteiger partial charge in [0, 0.05) is 36.9 Å². The van der Waals surface area contributed by atoms with Gasteiger partial charge in [-0.05, 0) is 48.4 Å². The third-order valence-electron chi connectivity index (χ3n) is 4.59. The molecule has 0 amide bonds. The van der Waals surface area contributed by atoms with Crippen LogP contribution in [-0.2, 0) is 19.8 Å². The quantitative estimate of drug-likeness (QED) is 0.442. The fraction of sp³-hybridized carbons (Fsp3) is 0.182. The molecule has 4 rings (SSSR count). The Hall–Kier alpha value is -3.95. The van der Waals surface area contributed by atoms with Crippen LogP contribution in [0.25, 0.3) is 11.1 Å². The highest BCUT2D eigenvalue weighted by molar-refractivity contribution is 5.71. The number of imidazole rings is 1. The summed E-state index contributed by atoms with van der Waals surface area (Å²) in [7, 11) is 1.91. The molecule has 0 aliphatic rings. The summed E-state index contributed by atoms with van der Waals surface area (Å²) in [6, 6.07) is 10.2. The summed E-state index contributed by atoms with van der Waals surface area (Å²) in [6.07, 6.45) is 1.95. The number of hydrogen-bond acceptors (Lipinski definition) is 6. The van der Waals surface area contributed by atoms with Gasteiger partial charge in [0.15, 0.2) is 0 Å². The molecule has 7 nitrogen and oxygen atoms in total. The number of nitrogens with one attached hydrogen (secondary N) is 2. The van der Waals surface area contributed by atoms with Crippen molar-refractivity contribution in [2.24, 2.45) is 7.05 Å². The van der Waals surface area contributed by atoms with E-state index in [1.165, 1.54) is 0 Å². The maximum Gasteiger partial charge on any atom is 0.433 e. The molecule has 0 saturated carbocycles. The number of rotatable bonds is 6.